The van der Waals surface area contributed by atoms with Crippen molar-refractivity contribution in [3.05, 3.63) is 101 Å². The van der Waals surface area contributed by atoms with Crippen molar-refractivity contribution in [3.63, 3.8) is 0 Å². The number of carbonyl (C=O) groups is 2. The van der Waals surface area contributed by atoms with Crippen LogP contribution in [-0.2, 0) is 28.9 Å². The van der Waals surface area contributed by atoms with Gasteiger partial charge in [0.15, 0.2) is 6.10 Å². The Labute approximate surface area is 223 Å². The number of carboxylic acids is 2. The largest absolute Gasteiger partial charge is 0.481 e. The molecule has 0 radical (unpaired) electrons. The van der Waals surface area contributed by atoms with E-state index in [4.69, 9.17) is 5.11 Å². The van der Waals surface area contributed by atoms with Crippen molar-refractivity contribution in [1.82, 2.24) is 0 Å². The maximum atomic E-state index is 11.8. The molecule has 0 bridgehead atoms. The third kappa shape index (κ3) is 9.71. The summed E-state index contributed by atoms with van der Waals surface area (Å²) in [5.41, 5.74) is 3.89. The van der Waals surface area contributed by atoms with Crippen molar-refractivity contribution in [1.29, 1.82) is 0 Å². The van der Waals surface area contributed by atoms with Crippen LogP contribution >= 0.6 is 11.8 Å². The van der Waals surface area contributed by atoms with Crippen LogP contribution in [0.15, 0.2) is 83.8 Å². The summed E-state index contributed by atoms with van der Waals surface area (Å²) < 4.78 is 0. The highest BCUT2D eigenvalue weighted by Gasteiger charge is 2.30. The Kier molecular flexibility index (Phi) is 11.7. The number of thioether (sulfide) groups is 1. The number of aliphatic hydroxyl groups excluding tert-OH is 1. The van der Waals surface area contributed by atoms with Crippen LogP contribution in [0.5, 0.6) is 0 Å². The smallest absolute Gasteiger partial charge is 0.334 e. The summed E-state index contributed by atoms with van der Waals surface area (Å²) in [6, 6.07) is 25.4. The monoisotopic (exact) mass is 520 g/mol. The van der Waals surface area contributed by atoms with Crippen LogP contribution in [0.1, 0.15) is 66.0 Å². The van der Waals surface area contributed by atoms with E-state index in [0.29, 0.717) is 5.56 Å². The molecular weight excluding hydrogens is 484 g/mol. The van der Waals surface area contributed by atoms with Crippen LogP contribution in [0.4, 0.5) is 0 Å². The van der Waals surface area contributed by atoms with Crippen LogP contribution < -0.4 is 0 Å². The fourth-order valence-electron chi connectivity index (χ4n) is 4.51. The minimum Gasteiger partial charge on any atom is -0.481 e. The Morgan fingerprint density at radius 3 is 2.03 bits per heavy atom. The number of aliphatic hydroxyl groups is 1. The molecule has 0 aliphatic carbocycles. The molecule has 0 aromatic heterocycles. The number of benzene rings is 3. The third-order valence-corrected chi connectivity index (χ3v) is 7.71. The standard InChI is InChI=1S/C31H36O5S/c32-28(33)22-24-16-12-19-26(21-24)37-30(29(34)31(35)36)27-20-11-10-18-25(27)17-9-4-2-1-3-6-13-23-14-7-5-8-15-23/h5,7-8,10-12,14-16,18-21,29-30,34H,1-4,6,9,13,17,22H2,(H,32,33)(H,35,36)/t29-,30-/m0/s1. The summed E-state index contributed by atoms with van der Waals surface area (Å²) in [7, 11) is 0. The molecular formula is C31H36O5S. The summed E-state index contributed by atoms with van der Waals surface area (Å²) in [6.45, 7) is 0. The highest BCUT2D eigenvalue weighted by atomic mass is 32.2. The van der Waals surface area contributed by atoms with Crippen molar-refractivity contribution in [3.8, 4) is 0 Å². The number of hydrogen-bond donors (Lipinski definition) is 3. The van der Waals surface area contributed by atoms with E-state index in [2.05, 4.69) is 24.3 Å². The van der Waals surface area contributed by atoms with Gasteiger partial charge in [-0.15, -0.1) is 11.8 Å². The number of rotatable bonds is 16. The number of aliphatic carboxylic acids is 2. The van der Waals surface area contributed by atoms with E-state index in [9.17, 15) is 19.8 Å². The van der Waals surface area contributed by atoms with E-state index in [-0.39, 0.29) is 6.42 Å². The molecule has 0 spiro atoms. The Bertz CT molecular complexity index is 1130. The molecule has 3 aromatic carbocycles. The molecule has 0 heterocycles. The molecule has 0 aliphatic heterocycles. The lowest BCUT2D eigenvalue weighted by Crippen LogP contribution is -2.26. The van der Waals surface area contributed by atoms with E-state index in [1.54, 1.807) is 18.2 Å². The molecule has 5 nitrogen and oxygen atoms in total. The number of unbranched alkanes of at least 4 members (excludes halogenated alkanes) is 5. The highest BCUT2D eigenvalue weighted by Crippen LogP contribution is 2.40. The molecule has 0 fully saturated rings. The van der Waals surface area contributed by atoms with E-state index in [1.165, 1.54) is 43.0 Å². The van der Waals surface area contributed by atoms with Crippen LogP contribution in [-0.4, -0.2) is 33.4 Å². The van der Waals surface area contributed by atoms with Crippen LogP contribution in [0.2, 0.25) is 0 Å². The van der Waals surface area contributed by atoms with E-state index >= 15 is 0 Å². The highest BCUT2D eigenvalue weighted by molar-refractivity contribution is 7.99. The first-order valence-electron chi connectivity index (χ1n) is 12.9. The normalized spacial score (nSPS) is 12.7. The number of hydrogen-bond acceptors (Lipinski definition) is 4. The molecule has 0 saturated heterocycles. The zero-order valence-electron chi connectivity index (χ0n) is 21.1. The lowest BCUT2D eigenvalue weighted by atomic mass is 9.96. The molecule has 3 aromatic rings. The van der Waals surface area contributed by atoms with Crippen LogP contribution in [0.25, 0.3) is 0 Å². The third-order valence-electron chi connectivity index (χ3n) is 6.42. The van der Waals surface area contributed by atoms with Gasteiger partial charge in [0.25, 0.3) is 0 Å². The summed E-state index contributed by atoms with van der Waals surface area (Å²) in [6.07, 6.45) is 7.16. The zero-order chi connectivity index (χ0) is 26.5. The van der Waals surface area contributed by atoms with Gasteiger partial charge in [-0.3, -0.25) is 4.79 Å². The zero-order valence-corrected chi connectivity index (χ0v) is 21.9. The van der Waals surface area contributed by atoms with Gasteiger partial charge in [0.05, 0.1) is 11.7 Å². The first-order valence-corrected chi connectivity index (χ1v) is 13.8. The molecule has 3 rings (SSSR count). The van der Waals surface area contributed by atoms with Crippen molar-refractivity contribution in [2.24, 2.45) is 0 Å². The Balaban J connectivity index is 1.57. The second kappa shape index (κ2) is 15.2. The van der Waals surface area contributed by atoms with E-state index in [0.717, 1.165) is 41.7 Å². The van der Waals surface area contributed by atoms with Gasteiger partial charge in [-0.05, 0) is 60.1 Å². The topological polar surface area (TPSA) is 94.8 Å². The average molecular weight is 521 g/mol. The first-order chi connectivity index (χ1) is 17.9. The summed E-state index contributed by atoms with van der Waals surface area (Å²) in [5.74, 6) is -2.20. The molecule has 37 heavy (non-hydrogen) atoms. The molecule has 3 N–H and O–H groups in total. The molecule has 2 atom stereocenters. The first kappa shape index (κ1) is 28.5. The van der Waals surface area contributed by atoms with Gasteiger partial charge in [0.1, 0.15) is 0 Å². The molecule has 0 saturated carbocycles. The lowest BCUT2D eigenvalue weighted by Gasteiger charge is -2.23. The molecule has 0 unspecified atom stereocenters. The van der Waals surface area contributed by atoms with Gasteiger partial charge in [0.2, 0.25) is 0 Å². The molecule has 6 heteroatoms. The summed E-state index contributed by atoms with van der Waals surface area (Å²) >= 11 is 1.26. The van der Waals surface area contributed by atoms with E-state index in [1.807, 2.05) is 36.4 Å². The summed E-state index contributed by atoms with van der Waals surface area (Å²) in [4.78, 5) is 23.6. The molecule has 0 amide bonds. The molecule has 196 valence electrons. The Morgan fingerprint density at radius 2 is 1.32 bits per heavy atom. The van der Waals surface area contributed by atoms with Crippen molar-refractivity contribution in [2.75, 3.05) is 0 Å². The van der Waals surface area contributed by atoms with Gasteiger partial charge in [0, 0.05) is 4.90 Å². The van der Waals surface area contributed by atoms with Gasteiger partial charge >= 0.3 is 11.9 Å². The van der Waals surface area contributed by atoms with Crippen LogP contribution in [0, 0.1) is 0 Å². The second-order valence-electron chi connectivity index (χ2n) is 9.35. The van der Waals surface area contributed by atoms with Crippen molar-refractivity contribution >= 4 is 23.7 Å². The predicted octanol–water partition coefficient (Wildman–Crippen LogP) is 6.72. The maximum absolute atomic E-state index is 11.8. The van der Waals surface area contributed by atoms with Crippen molar-refractivity contribution in [2.45, 2.75) is 74.0 Å². The van der Waals surface area contributed by atoms with Crippen molar-refractivity contribution < 1.29 is 24.9 Å². The van der Waals surface area contributed by atoms with Gasteiger partial charge in [-0.2, -0.15) is 0 Å². The predicted molar refractivity (Wildman–Crippen MR) is 148 cm³/mol. The minimum absolute atomic E-state index is 0.108. The van der Waals surface area contributed by atoms with E-state index < -0.39 is 23.3 Å². The number of aryl methyl sites for hydroxylation is 2. The van der Waals surface area contributed by atoms with Gasteiger partial charge in [-0.1, -0.05) is 92.4 Å². The molecule has 0 aliphatic rings. The SMILES string of the molecule is O=C(O)Cc1cccc(S[C@@H](c2ccccc2CCCCCCCCc2ccccc2)[C@H](O)C(=O)O)c1. The fraction of sp³-hybridized carbons (Fsp3) is 0.355. The quantitative estimate of drug-likeness (QED) is 0.143. The average Bonchev–Trinajstić information content (AvgIpc) is 2.89. The fourth-order valence-corrected chi connectivity index (χ4v) is 5.79. The maximum Gasteiger partial charge on any atom is 0.334 e. The summed E-state index contributed by atoms with van der Waals surface area (Å²) in [5, 5.41) is 28.6. The minimum atomic E-state index is -1.58. The van der Waals surface area contributed by atoms with Crippen LogP contribution in [0.3, 0.4) is 0 Å². The number of carboxylic acid groups (broad SMARTS) is 2. The Morgan fingerprint density at radius 1 is 0.703 bits per heavy atom. The Hall–Kier alpha value is -3.09. The second-order valence-corrected chi connectivity index (χ2v) is 10.6. The van der Waals surface area contributed by atoms with Gasteiger partial charge in [-0.25, -0.2) is 4.79 Å². The lowest BCUT2D eigenvalue weighted by molar-refractivity contribution is -0.146. The van der Waals surface area contributed by atoms with Gasteiger partial charge < -0.3 is 15.3 Å².